The number of hydrogen-bond donors (Lipinski definition) is 1. The van der Waals surface area contributed by atoms with E-state index in [0.29, 0.717) is 5.92 Å². The lowest BCUT2D eigenvalue weighted by Gasteiger charge is -2.33. The Balaban J connectivity index is 1.87. The van der Waals surface area contributed by atoms with E-state index in [4.69, 9.17) is 0 Å². The zero-order valence-corrected chi connectivity index (χ0v) is 16.7. The monoisotopic (exact) mass is 371 g/mol. The predicted molar refractivity (Wildman–Crippen MR) is 108 cm³/mol. The summed E-state index contributed by atoms with van der Waals surface area (Å²) in [6, 6.07) is 9.78. The first kappa shape index (κ1) is 18.8. The first-order valence-corrected chi connectivity index (χ1v) is 9.68. The van der Waals surface area contributed by atoms with E-state index in [1.54, 1.807) is 6.07 Å². The molecule has 0 saturated heterocycles. The number of aromatic nitrogens is 2. The van der Waals surface area contributed by atoms with E-state index < -0.39 is 0 Å². The largest absolute Gasteiger partial charge is 0.352 e. The quantitative estimate of drug-likeness (QED) is 0.821. The molecule has 1 unspecified atom stereocenters. The van der Waals surface area contributed by atoms with Crippen LogP contribution in [0.15, 0.2) is 35.1 Å². The lowest BCUT2D eigenvalue weighted by atomic mass is 9.82. The third-order valence-electron chi connectivity index (χ3n) is 4.80. The third kappa shape index (κ3) is 4.21. The number of carbonyl (C=O) groups is 1. The highest BCUT2D eigenvalue weighted by molar-refractivity contribution is 7.27. The van der Waals surface area contributed by atoms with Crippen LogP contribution in [0, 0.1) is 5.92 Å². The van der Waals surface area contributed by atoms with E-state index in [-0.39, 0.29) is 30.0 Å². The van der Waals surface area contributed by atoms with Crippen molar-refractivity contribution < 1.29 is 4.79 Å². The Morgan fingerprint density at radius 3 is 2.69 bits per heavy atom. The Kier molecular flexibility index (Phi) is 5.57. The topological polar surface area (TPSA) is 64.0 Å². The molecule has 1 aliphatic carbocycles. The van der Waals surface area contributed by atoms with E-state index in [0.717, 1.165) is 35.0 Å². The number of amides is 1. The Bertz CT molecular complexity index is 870. The Morgan fingerprint density at radius 2 is 2.08 bits per heavy atom. The summed E-state index contributed by atoms with van der Waals surface area (Å²) in [6.45, 7) is 6.22. The summed E-state index contributed by atoms with van der Waals surface area (Å²) in [5.41, 5.74) is 2.37. The van der Waals surface area contributed by atoms with Gasteiger partial charge in [-0.25, -0.2) is 4.68 Å². The number of rotatable bonds is 5. The van der Waals surface area contributed by atoms with Gasteiger partial charge in [0.25, 0.3) is 5.56 Å². The minimum absolute atomic E-state index is 0.0343. The second-order valence-electron chi connectivity index (χ2n) is 7.56. The summed E-state index contributed by atoms with van der Waals surface area (Å²) >= 11 is 0. The highest BCUT2D eigenvalue weighted by atomic mass is 31.0. The fourth-order valence-electron chi connectivity index (χ4n) is 3.41. The van der Waals surface area contributed by atoms with Gasteiger partial charge in [0.15, 0.2) is 0 Å². The molecule has 1 aromatic carbocycles. The second-order valence-corrected chi connectivity index (χ2v) is 8.23. The van der Waals surface area contributed by atoms with Gasteiger partial charge >= 0.3 is 0 Å². The van der Waals surface area contributed by atoms with Crippen molar-refractivity contribution in [3.63, 3.8) is 0 Å². The molecule has 138 valence electrons. The molecule has 0 aliphatic heterocycles. The molecular formula is C20H26N3O2P. The van der Waals surface area contributed by atoms with Gasteiger partial charge in [-0.05, 0) is 41.6 Å². The third-order valence-corrected chi connectivity index (χ3v) is 5.16. The van der Waals surface area contributed by atoms with Gasteiger partial charge in [0.1, 0.15) is 6.54 Å². The Hall–Kier alpha value is -2.00. The number of carbonyl (C=O) groups excluding carboxylic acids is 1. The smallest absolute Gasteiger partial charge is 0.267 e. The molecule has 3 rings (SSSR count). The minimum atomic E-state index is -0.254. The summed E-state index contributed by atoms with van der Waals surface area (Å²) in [4.78, 5) is 24.8. The van der Waals surface area contributed by atoms with Crippen LogP contribution in [0.4, 0.5) is 0 Å². The molecule has 1 fully saturated rings. The number of hydrogen-bond acceptors (Lipinski definition) is 3. The molecular weight excluding hydrogens is 345 g/mol. The number of nitrogens with zero attached hydrogens (tertiary/aromatic N) is 2. The van der Waals surface area contributed by atoms with Gasteiger partial charge in [0.05, 0.1) is 5.69 Å². The average Bonchev–Trinajstić information content (AvgIpc) is 2.54. The maximum Gasteiger partial charge on any atom is 0.267 e. The van der Waals surface area contributed by atoms with Crippen LogP contribution in [0.5, 0.6) is 0 Å². The van der Waals surface area contributed by atoms with Crippen LogP contribution in [0.25, 0.3) is 11.1 Å². The summed E-state index contributed by atoms with van der Waals surface area (Å²) in [7, 11) is 2.67. The zero-order valence-electron chi connectivity index (χ0n) is 15.5. The fourth-order valence-corrected chi connectivity index (χ4v) is 3.70. The van der Waals surface area contributed by atoms with Crippen LogP contribution in [-0.2, 0) is 11.3 Å². The normalized spacial score (nSPS) is 19.3. The Labute approximate surface area is 156 Å². The van der Waals surface area contributed by atoms with E-state index >= 15 is 0 Å². The summed E-state index contributed by atoms with van der Waals surface area (Å²) < 4.78 is 1.28. The Morgan fingerprint density at radius 1 is 1.35 bits per heavy atom. The molecule has 1 amide bonds. The van der Waals surface area contributed by atoms with E-state index in [2.05, 4.69) is 26.6 Å². The maximum atomic E-state index is 12.5. The molecule has 1 heterocycles. The molecule has 26 heavy (non-hydrogen) atoms. The van der Waals surface area contributed by atoms with E-state index in [1.807, 2.05) is 38.1 Å². The van der Waals surface area contributed by atoms with Gasteiger partial charge in [-0.15, -0.1) is 9.24 Å². The maximum absolute atomic E-state index is 12.5. The molecule has 1 saturated carbocycles. The van der Waals surface area contributed by atoms with Crippen LogP contribution in [0.3, 0.4) is 0 Å². The van der Waals surface area contributed by atoms with Gasteiger partial charge in [0, 0.05) is 17.7 Å². The van der Waals surface area contributed by atoms with Crippen LogP contribution in [0.1, 0.15) is 45.2 Å². The van der Waals surface area contributed by atoms with Crippen LogP contribution in [0.2, 0.25) is 0 Å². The van der Waals surface area contributed by atoms with Crippen molar-refractivity contribution in [2.75, 3.05) is 0 Å². The summed E-state index contributed by atoms with van der Waals surface area (Å²) in [5.74, 6) is 0.659. The molecule has 6 heteroatoms. The van der Waals surface area contributed by atoms with Crippen molar-refractivity contribution in [3.05, 3.63) is 46.4 Å². The molecule has 5 nitrogen and oxygen atoms in total. The molecule has 1 atom stereocenters. The molecule has 1 N–H and O–H groups in total. The lowest BCUT2D eigenvalue weighted by Crippen LogP contribution is -2.45. The van der Waals surface area contributed by atoms with Crippen molar-refractivity contribution in [2.24, 2.45) is 5.92 Å². The molecule has 2 aromatic rings. The molecule has 1 aliphatic rings. The summed E-state index contributed by atoms with van der Waals surface area (Å²) in [5, 5.41) is 8.56. The van der Waals surface area contributed by atoms with E-state index in [9.17, 15) is 9.59 Å². The van der Waals surface area contributed by atoms with E-state index in [1.165, 1.54) is 4.68 Å². The van der Waals surface area contributed by atoms with Crippen LogP contribution < -0.4 is 16.2 Å². The van der Waals surface area contributed by atoms with Gasteiger partial charge in [-0.2, -0.15) is 5.10 Å². The van der Waals surface area contributed by atoms with Crippen molar-refractivity contribution in [1.29, 1.82) is 0 Å². The SMILES string of the molecule is CC(C)c1nn(CC(=O)N[C@H]2C[C@H](C)C2)c(=O)cc1-c1cccc(P)c1. The fraction of sp³-hybridized carbons (Fsp3) is 0.450. The van der Waals surface area contributed by atoms with Crippen molar-refractivity contribution in [3.8, 4) is 11.1 Å². The van der Waals surface area contributed by atoms with Crippen molar-refractivity contribution in [1.82, 2.24) is 15.1 Å². The molecule has 0 bridgehead atoms. The van der Waals surface area contributed by atoms with Gasteiger partial charge in [-0.3, -0.25) is 9.59 Å². The lowest BCUT2D eigenvalue weighted by molar-refractivity contribution is -0.123. The van der Waals surface area contributed by atoms with Crippen LogP contribution in [-0.4, -0.2) is 21.7 Å². The average molecular weight is 371 g/mol. The number of nitrogens with one attached hydrogen (secondary N) is 1. The number of benzene rings is 1. The zero-order chi connectivity index (χ0) is 18.8. The van der Waals surface area contributed by atoms with Crippen molar-refractivity contribution in [2.45, 2.75) is 52.1 Å². The summed E-state index contributed by atoms with van der Waals surface area (Å²) in [6.07, 6.45) is 2.02. The minimum Gasteiger partial charge on any atom is -0.352 e. The standard InChI is InChI=1S/C20H26N3O2P/c1-12(2)20-17(14-5-4-6-16(26)9-14)10-19(25)23(22-20)11-18(24)21-15-7-13(3)8-15/h4-6,9-10,12-13,15H,7-8,11,26H2,1-3H3,(H,21,24)/t13-,15-. The first-order valence-electron chi connectivity index (χ1n) is 9.11. The first-order chi connectivity index (χ1) is 12.3. The van der Waals surface area contributed by atoms with Gasteiger partial charge in [0.2, 0.25) is 5.91 Å². The van der Waals surface area contributed by atoms with Gasteiger partial charge in [-0.1, -0.05) is 39.0 Å². The molecule has 0 radical (unpaired) electrons. The highest BCUT2D eigenvalue weighted by Gasteiger charge is 2.26. The van der Waals surface area contributed by atoms with Crippen LogP contribution >= 0.6 is 9.24 Å². The van der Waals surface area contributed by atoms with Gasteiger partial charge < -0.3 is 5.32 Å². The van der Waals surface area contributed by atoms with Crippen molar-refractivity contribution >= 4 is 20.5 Å². The predicted octanol–water partition coefficient (Wildman–Crippen LogP) is 2.45. The highest BCUT2D eigenvalue weighted by Crippen LogP contribution is 2.27. The molecule has 0 spiro atoms. The second kappa shape index (κ2) is 7.71. The molecule has 1 aromatic heterocycles.